The Bertz CT molecular complexity index is 187. The van der Waals surface area contributed by atoms with Gasteiger partial charge in [0.25, 0.3) is 0 Å². The molecule has 1 saturated carbocycles. The van der Waals surface area contributed by atoms with Crippen molar-refractivity contribution in [1.29, 1.82) is 0 Å². The Balaban J connectivity index is 1.69. The Labute approximate surface area is 80.7 Å². The molecule has 1 aliphatic carbocycles. The van der Waals surface area contributed by atoms with E-state index < -0.39 is 0 Å². The van der Waals surface area contributed by atoms with Gasteiger partial charge in [-0.2, -0.15) is 0 Å². The van der Waals surface area contributed by atoms with Crippen LogP contribution in [-0.4, -0.2) is 36.6 Å². The van der Waals surface area contributed by atoms with E-state index in [0.29, 0.717) is 5.54 Å². The van der Waals surface area contributed by atoms with Gasteiger partial charge in [-0.15, -0.1) is 0 Å². The highest BCUT2D eigenvalue weighted by atomic mass is 15.3. The molecule has 2 nitrogen and oxygen atoms in total. The number of hydrogen-bond acceptors (Lipinski definition) is 2. The zero-order chi connectivity index (χ0) is 8.73. The summed E-state index contributed by atoms with van der Waals surface area (Å²) in [6.07, 6.45) is 7.29. The molecule has 0 aromatic heterocycles. The van der Waals surface area contributed by atoms with Gasteiger partial charge in [-0.25, -0.2) is 0 Å². The molecular formula is C11H20N2. The first kappa shape index (κ1) is 8.25. The summed E-state index contributed by atoms with van der Waals surface area (Å²) in [6.45, 7) is 5.29. The fraction of sp³-hybridized carbons (Fsp3) is 1.00. The molecule has 0 aromatic carbocycles. The minimum atomic E-state index is 0.600. The maximum Gasteiger partial charge on any atom is 0.0346 e. The minimum Gasteiger partial charge on any atom is -0.315 e. The van der Waals surface area contributed by atoms with E-state index in [4.69, 9.17) is 0 Å². The van der Waals surface area contributed by atoms with E-state index in [1.54, 1.807) is 0 Å². The third-order valence-electron chi connectivity index (χ3n) is 4.14. The number of nitrogens with zero attached hydrogens (tertiary/aromatic N) is 1. The molecule has 0 aromatic rings. The molecule has 0 amide bonds. The molecule has 2 aliphatic heterocycles. The molecule has 0 radical (unpaired) electrons. The quantitative estimate of drug-likeness (QED) is 0.687. The van der Waals surface area contributed by atoms with Gasteiger partial charge in [0.1, 0.15) is 0 Å². The number of nitrogens with one attached hydrogen (secondary N) is 1. The van der Waals surface area contributed by atoms with E-state index in [1.165, 1.54) is 58.3 Å². The van der Waals surface area contributed by atoms with E-state index in [2.05, 4.69) is 10.2 Å². The second kappa shape index (κ2) is 2.96. The lowest BCUT2D eigenvalue weighted by atomic mass is 9.95. The van der Waals surface area contributed by atoms with Crippen molar-refractivity contribution in [3.63, 3.8) is 0 Å². The van der Waals surface area contributed by atoms with Gasteiger partial charge < -0.3 is 5.32 Å². The smallest absolute Gasteiger partial charge is 0.0346 e. The van der Waals surface area contributed by atoms with Crippen molar-refractivity contribution in [1.82, 2.24) is 10.2 Å². The Kier molecular flexibility index (Phi) is 1.88. The number of rotatable bonds is 2. The zero-order valence-corrected chi connectivity index (χ0v) is 8.39. The zero-order valence-electron chi connectivity index (χ0n) is 8.39. The fourth-order valence-corrected chi connectivity index (χ4v) is 3.11. The molecule has 1 spiro atoms. The highest BCUT2D eigenvalue weighted by Crippen LogP contribution is 2.39. The van der Waals surface area contributed by atoms with Crippen molar-refractivity contribution in [3.8, 4) is 0 Å². The third-order valence-corrected chi connectivity index (χ3v) is 4.14. The van der Waals surface area contributed by atoms with E-state index in [1.807, 2.05) is 0 Å². The molecule has 1 N–H and O–H groups in total. The van der Waals surface area contributed by atoms with Crippen molar-refractivity contribution in [3.05, 3.63) is 0 Å². The average molecular weight is 180 g/mol. The van der Waals surface area contributed by atoms with Crippen LogP contribution in [0.4, 0.5) is 0 Å². The molecule has 13 heavy (non-hydrogen) atoms. The van der Waals surface area contributed by atoms with Gasteiger partial charge in [-0.1, -0.05) is 0 Å². The van der Waals surface area contributed by atoms with Gasteiger partial charge in [-0.05, 0) is 51.1 Å². The summed E-state index contributed by atoms with van der Waals surface area (Å²) in [5.74, 6) is 1.07. The summed E-state index contributed by atoms with van der Waals surface area (Å²) >= 11 is 0. The summed E-state index contributed by atoms with van der Waals surface area (Å²) in [7, 11) is 0. The van der Waals surface area contributed by atoms with Gasteiger partial charge in [0.05, 0.1) is 0 Å². The SMILES string of the molecule is C1CN(CC2CC2)C2(C1)CCNC2. The lowest BCUT2D eigenvalue weighted by Crippen LogP contribution is -2.46. The van der Waals surface area contributed by atoms with Gasteiger partial charge in [0.15, 0.2) is 0 Å². The summed E-state index contributed by atoms with van der Waals surface area (Å²) in [4.78, 5) is 2.80. The molecule has 2 saturated heterocycles. The Morgan fingerprint density at radius 2 is 2.23 bits per heavy atom. The lowest BCUT2D eigenvalue weighted by molar-refractivity contribution is 0.150. The first-order valence-corrected chi connectivity index (χ1v) is 5.85. The summed E-state index contributed by atoms with van der Waals surface area (Å²) in [5.41, 5.74) is 0.600. The molecule has 2 heteroatoms. The fourth-order valence-electron chi connectivity index (χ4n) is 3.11. The standard InChI is InChI=1S/C11H20N2/c1-4-11(5-6-12-9-11)13(7-1)8-10-2-3-10/h10,12H,1-9H2. The second-order valence-electron chi connectivity index (χ2n) is 5.14. The highest BCUT2D eigenvalue weighted by molar-refractivity contribution is 5.02. The Morgan fingerprint density at radius 3 is 2.92 bits per heavy atom. The van der Waals surface area contributed by atoms with Crippen LogP contribution in [0.25, 0.3) is 0 Å². The van der Waals surface area contributed by atoms with Crippen molar-refractivity contribution in [2.75, 3.05) is 26.2 Å². The predicted octanol–water partition coefficient (Wildman–Crippen LogP) is 1.22. The van der Waals surface area contributed by atoms with Crippen LogP contribution in [0.1, 0.15) is 32.1 Å². The van der Waals surface area contributed by atoms with Gasteiger partial charge in [0.2, 0.25) is 0 Å². The van der Waals surface area contributed by atoms with Crippen molar-refractivity contribution >= 4 is 0 Å². The van der Waals surface area contributed by atoms with Crippen LogP contribution in [0.5, 0.6) is 0 Å². The largest absolute Gasteiger partial charge is 0.315 e. The topological polar surface area (TPSA) is 15.3 Å². The highest BCUT2D eigenvalue weighted by Gasteiger charge is 2.44. The van der Waals surface area contributed by atoms with Crippen LogP contribution in [0, 0.1) is 5.92 Å². The van der Waals surface area contributed by atoms with Crippen LogP contribution in [0.3, 0.4) is 0 Å². The molecule has 3 aliphatic rings. The summed E-state index contributed by atoms with van der Waals surface area (Å²) < 4.78 is 0. The molecule has 3 fully saturated rings. The third kappa shape index (κ3) is 1.40. The van der Waals surface area contributed by atoms with E-state index in [-0.39, 0.29) is 0 Å². The van der Waals surface area contributed by atoms with E-state index >= 15 is 0 Å². The van der Waals surface area contributed by atoms with Gasteiger partial charge in [-0.3, -0.25) is 4.90 Å². The number of likely N-dealkylation sites (tertiary alicyclic amines) is 1. The molecule has 74 valence electrons. The first-order chi connectivity index (χ1) is 6.39. The van der Waals surface area contributed by atoms with Crippen LogP contribution in [0.15, 0.2) is 0 Å². The number of hydrogen-bond donors (Lipinski definition) is 1. The monoisotopic (exact) mass is 180 g/mol. The van der Waals surface area contributed by atoms with Crippen molar-refractivity contribution in [2.45, 2.75) is 37.6 Å². The van der Waals surface area contributed by atoms with Gasteiger partial charge >= 0.3 is 0 Å². The normalized spacial score (nSPS) is 40.6. The van der Waals surface area contributed by atoms with Crippen LogP contribution >= 0.6 is 0 Å². The molecule has 3 rings (SSSR count). The molecule has 0 bridgehead atoms. The molecular weight excluding hydrogens is 160 g/mol. The molecule has 1 atom stereocenters. The average Bonchev–Trinajstić information content (AvgIpc) is 2.71. The Morgan fingerprint density at radius 1 is 1.31 bits per heavy atom. The molecule has 1 unspecified atom stereocenters. The summed E-state index contributed by atoms with van der Waals surface area (Å²) in [6, 6.07) is 0. The second-order valence-corrected chi connectivity index (χ2v) is 5.14. The Hall–Kier alpha value is -0.0800. The summed E-state index contributed by atoms with van der Waals surface area (Å²) in [5, 5.41) is 3.54. The predicted molar refractivity (Wildman–Crippen MR) is 53.7 cm³/mol. The van der Waals surface area contributed by atoms with Crippen molar-refractivity contribution in [2.24, 2.45) is 5.92 Å². The lowest BCUT2D eigenvalue weighted by Gasteiger charge is -2.34. The van der Waals surface area contributed by atoms with Crippen LogP contribution < -0.4 is 5.32 Å². The minimum absolute atomic E-state index is 0.600. The van der Waals surface area contributed by atoms with Crippen LogP contribution in [-0.2, 0) is 0 Å². The maximum atomic E-state index is 3.54. The van der Waals surface area contributed by atoms with E-state index in [9.17, 15) is 0 Å². The van der Waals surface area contributed by atoms with Crippen molar-refractivity contribution < 1.29 is 0 Å². The van der Waals surface area contributed by atoms with E-state index in [0.717, 1.165) is 5.92 Å². The molecule has 2 heterocycles. The first-order valence-electron chi connectivity index (χ1n) is 5.85. The van der Waals surface area contributed by atoms with Gasteiger partial charge in [0, 0.05) is 18.6 Å². The maximum absolute atomic E-state index is 3.54. The van der Waals surface area contributed by atoms with Crippen LogP contribution in [0.2, 0.25) is 0 Å².